The minimum atomic E-state index is -1.37. The molecule has 0 bridgehead atoms. The van der Waals surface area contributed by atoms with Crippen molar-refractivity contribution in [2.24, 2.45) is 0 Å². The normalized spacial score (nSPS) is 9.62. The summed E-state index contributed by atoms with van der Waals surface area (Å²) in [6.45, 7) is 0. The van der Waals surface area contributed by atoms with Gasteiger partial charge >= 0.3 is 12.1 Å². The standard InChI is InChI=1S/C6H6N2O5/c1-13-4-3(5(9)10)2-8(7-4)6(11)12/h2H,1H3,(H,9,10)(H,11,12). The second-order valence-electron chi connectivity index (χ2n) is 2.08. The highest BCUT2D eigenvalue weighted by Crippen LogP contribution is 2.14. The smallest absolute Gasteiger partial charge is 0.432 e. The van der Waals surface area contributed by atoms with E-state index >= 15 is 0 Å². The molecule has 0 saturated carbocycles. The molecule has 13 heavy (non-hydrogen) atoms. The average molecular weight is 186 g/mol. The molecular formula is C6H6N2O5. The van der Waals surface area contributed by atoms with E-state index in [4.69, 9.17) is 10.2 Å². The molecule has 7 nitrogen and oxygen atoms in total. The van der Waals surface area contributed by atoms with Crippen LogP contribution >= 0.6 is 0 Å². The maximum absolute atomic E-state index is 10.5. The SMILES string of the molecule is COc1nn(C(=O)O)cc1C(=O)O. The number of rotatable bonds is 2. The van der Waals surface area contributed by atoms with Gasteiger partial charge in [-0.25, -0.2) is 9.59 Å². The first-order valence-corrected chi connectivity index (χ1v) is 3.16. The quantitative estimate of drug-likeness (QED) is 0.679. The first-order chi connectivity index (χ1) is 6.06. The van der Waals surface area contributed by atoms with E-state index in [-0.39, 0.29) is 11.4 Å². The predicted molar refractivity (Wildman–Crippen MR) is 39.2 cm³/mol. The third kappa shape index (κ3) is 1.58. The monoisotopic (exact) mass is 186 g/mol. The number of nitrogens with zero attached hydrogens (tertiary/aromatic N) is 2. The average Bonchev–Trinajstić information content (AvgIpc) is 2.47. The number of methoxy groups -OCH3 is 1. The largest absolute Gasteiger partial charge is 0.479 e. The molecule has 1 rings (SSSR count). The number of carbonyl (C=O) groups is 2. The number of hydrogen-bond donors (Lipinski definition) is 2. The first kappa shape index (κ1) is 9.04. The van der Waals surface area contributed by atoms with Crippen molar-refractivity contribution in [3.63, 3.8) is 0 Å². The predicted octanol–water partition coefficient (Wildman–Crippen LogP) is 0.116. The summed E-state index contributed by atoms with van der Waals surface area (Å²) in [6.07, 6.45) is -0.505. The van der Waals surface area contributed by atoms with E-state index in [2.05, 4.69) is 9.84 Å². The summed E-state index contributed by atoms with van der Waals surface area (Å²) in [6, 6.07) is 0. The zero-order valence-corrected chi connectivity index (χ0v) is 6.59. The van der Waals surface area contributed by atoms with E-state index in [1.54, 1.807) is 0 Å². The molecule has 0 aliphatic carbocycles. The van der Waals surface area contributed by atoms with E-state index in [0.29, 0.717) is 4.68 Å². The third-order valence-electron chi connectivity index (χ3n) is 1.30. The van der Waals surface area contributed by atoms with Crippen molar-refractivity contribution in [2.75, 3.05) is 7.11 Å². The Kier molecular flexibility index (Phi) is 2.18. The minimum Gasteiger partial charge on any atom is -0.479 e. The molecule has 1 aromatic rings. The van der Waals surface area contributed by atoms with Gasteiger partial charge in [-0.3, -0.25) is 0 Å². The summed E-state index contributed by atoms with van der Waals surface area (Å²) >= 11 is 0. The molecule has 1 heterocycles. The molecule has 0 saturated heterocycles. The molecule has 0 amide bonds. The molecule has 0 atom stereocenters. The highest BCUT2D eigenvalue weighted by atomic mass is 16.5. The van der Waals surface area contributed by atoms with Crippen LogP contribution in [0.1, 0.15) is 10.4 Å². The lowest BCUT2D eigenvalue weighted by molar-refractivity contribution is 0.0693. The van der Waals surface area contributed by atoms with E-state index in [0.717, 1.165) is 6.20 Å². The number of ether oxygens (including phenoxy) is 1. The van der Waals surface area contributed by atoms with Crippen LogP contribution in [0.5, 0.6) is 5.88 Å². The molecule has 0 aliphatic rings. The Balaban J connectivity index is 3.19. The summed E-state index contributed by atoms with van der Waals surface area (Å²) < 4.78 is 5.04. The highest BCUT2D eigenvalue weighted by molar-refractivity contribution is 5.90. The molecule has 0 fully saturated rings. The number of carboxylic acid groups (broad SMARTS) is 2. The summed E-state index contributed by atoms with van der Waals surface area (Å²) in [4.78, 5) is 20.8. The maximum Gasteiger partial charge on any atom is 0.432 e. The third-order valence-corrected chi connectivity index (χ3v) is 1.30. The molecule has 1 aromatic heterocycles. The lowest BCUT2D eigenvalue weighted by Crippen LogP contribution is -2.08. The maximum atomic E-state index is 10.5. The Morgan fingerprint density at radius 3 is 2.46 bits per heavy atom. The van der Waals surface area contributed by atoms with E-state index < -0.39 is 12.1 Å². The number of aromatic carboxylic acids is 1. The number of hydrogen-bond acceptors (Lipinski definition) is 4. The summed E-state index contributed by atoms with van der Waals surface area (Å²) in [5.74, 6) is -1.51. The van der Waals surface area contributed by atoms with E-state index in [1.807, 2.05) is 0 Å². The van der Waals surface area contributed by atoms with Crippen LogP contribution in [0.3, 0.4) is 0 Å². The lowest BCUT2D eigenvalue weighted by Gasteiger charge is -1.92. The molecule has 0 aromatic carbocycles. The molecule has 0 radical (unpaired) electrons. The molecule has 70 valence electrons. The highest BCUT2D eigenvalue weighted by Gasteiger charge is 2.18. The summed E-state index contributed by atoms with van der Waals surface area (Å²) in [7, 11) is 1.21. The number of carboxylic acids is 1. The topological polar surface area (TPSA) is 102 Å². The molecule has 0 aliphatic heterocycles. The van der Waals surface area contributed by atoms with Crippen molar-refractivity contribution in [3.05, 3.63) is 11.8 Å². The van der Waals surface area contributed by atoms with Crippen molar-refractivity contribution < 1.29 is 24.5 Å². The van der Waals surface area contributed by atoms with Gasteiger partial charge in [0.15, 0.2) is 0 Å². The Labute approximate surface area is 72.2 Å². The van der Waals surface area contributed by atoms with E-state index in [1.165, 1.54) is 7.11 Å². The minimum absolute atomic E-state index is 0.227. The van der Waals surface area contributed by atoms with E-state index in [9.17, 15) is 9.59 Å². The van der Waals surface area contributed by atoms with Crippen LogP contribution in [0.15, 0.2) is 6.20 Å². The van der Waals surface area contributed by atoms with Crippen molar-refractivity contribution in [1.29, 1.82) is 0 Å². The Bertz CT molecular complexity index is 356. The van der Waals surface area contributed by atoms with Gasteiger partial charge in [0.25, 0.3) is 0 Å². The molecule has 0 spiro atoms. The number of aromatic nitrogens is 2. The Morgan fingerprint density at radius 2 is 2.15 bits per heavy atom. The van der Waals surface area contributed by atoms with Crippen LogP contribution < -0.4 is 4.74 Å². The van der Waals surface area contributed by atoms with Gasteiger partial charge in [0.1, 0.15) is 5.56 Å². The summed E-state index contributed by atoms with van der Waals surface area (Å²) in [5, 5.41) is 20.4. The van der Waals surface area contributed by atoms with Gasteiger partial charge in [-0.05, 0) is 0 Å². The van der Waals surface area contributed by atoms with Gasteiger partial charge in [-0.15, -0.1) is 5.10 Å². The van der Waals surface area contributed by atoms with Crippen LogP contribution in [0.4, 0.5) is 4.79 Å². The fourth-order valence-electron chi connectivity index (χ4n) is 0.754. The van der Waals surface area contributed by atoms with Gasteiger partial charge in [-0.1, -0.05) is 0 Å². The Hall–Kier alpha value is -2.05. The van der Waals surface area contributed by atoms with Gasteiger partial charge in [0.2, 0.25) is 5.88 Å². The van der Waals surface area contributed by atoms with Crippen LogP contribution in [-0.2, 0) is 0 Å². The van der Waals surface area contributed by atoms with Crippen molar-refractivity contribution >= 4 is 12.1 Å². The van der Waals surface area contributed by atoms with Crippen molar-refractivity contribution in [3.8, 4) is 5.88 Å². The van der Waals surface area contributed by atoms with Gasteiger partial charge in [0.05, 0.1) is 13.3 Å². The van der Waals surface area contributed by atoms with Crippen LogP contribution in [0.25, 0.3) is 0 Å². The fourth-order valence-corrected chi connectivity index (χ4v) is 0.754. The fraction of sp³-hybridized carbons (Fsp3) is 0.167. The first-order valence-electron chi connectivity index (χ1n) is 3.16. The second kappa shape index (κ2) is 3.13. The van der Waals surface area contributed by atoms with Crippen LogP contribution in [-0.4, -0.2) is 39.2 Å². The molecule has 7 heteroatoms. The van der Waals surface area contributed by atoms with Crippen LogP contribution in [0, 0.1) is 0 Å². The molecule has 0 unspecified atom stereocenters. The zero-order chi connectivity index (χ0) is 10.0. The van der Waals surface area contributed by atoms with Gasteiger partial charge < -0.3 is 14.9 Å². The molecule has 2 N–H and O–H groups in total. The summed E-state index contributed by atoms with van der Waals surface area (Å²) in [5.41, 5.74) is -0.287. The van der Waals surface area contributed by atoms with Gasteiger partial charge in [-0.2, -0.15) is 4.68 Å². The van der Waals surface area contributed by atoms with Crippen LogP contribution in [0.2, 0.25) is 0 Å². The van der Waals surface area contributed by atoms with Gasteiger partial charge in [0, 0.05) is 0 Å². The van der Waals surface area contributed by atoms with Crippen molar-refractivity contribution in [1.82, 2.24) is 9.78 Å². The molecular weight excluding hydrogens is 180 g/mol. The van der Waals surface area contributed by atoms with Crippen molar-refractivity contribution in [2.45, 2.75) is 0 Å². The lowest BCUT2D eigenvalue weighted by atomic mass is 10.3. The Morgan fingerprint density at radius 1 is 1.54 bits per heavy atom. The second-order valence-corrected chi connectivity index (χ2v) is 2.08. The zero-order valence-electron chi connectivity index (χ0n) is 6.59.